The second-order valence-corrected chi connectivity index (χ2v) is 4.11. The molecule has 0 fully saturated rings. The number of hydrogen-bond acceptors (Lipinski definition) is 2. The van der Waals surface area contributed by atoms with E-state index in [1.165, 1.54) is 0 Å². The van der Waals surface area contributed by atoms with Crippen LogP contribution in [-0.2, 0) is 12.8 Å². The van der Waals surface area contributed by atoms with Crippen molar-refractivity contribution in [2.45, 2.75) is 5.75 Å². The van der Waals surface area contributed by atoms with Crippen molar-refractivity contribution in [1.29, 1.82) is 0 Å². The minimum Gasteiger partial charge on any atom is -0.330 e. The minimum absolute atomic E-state index is 0.669. The zero-order chi connectivity index (χ0) is 9.42. The van der Waals surface area contributed by atoms with E-state index in [-0.39, 0.29) is 0 Å². The first-order chi connectivity index (χ1) is 6.22. The highest BCUT2D eigenvalue weighted by Crippen LogP contribution is 2.20. The summed E-state index contributed by atoms with van der Waals surface area (Å²) in [6.45, 7) is 0. The Balaban J connectivity index is 2.76. The molecule has 0 bridgehead atoms. The van der Waals surface area contributed by atoms with Gasteiger partial charge in [-0.3, -0.25) is 0 Å². The van der Waals surface area contributed by atoms with Crippen LogP contribution in [-0.4, -0.2) is 9.55 Å². The summed E-state index contributed by atoms with van der Waals surface area (Å²) in [5.74, 6) is 1.67. The summed E-state index contributed by atoms with van der Waals surface area (Å²) in [6, 6.07) is 6.09. The van der Waals surface area contributed by atoms with Crippen molar-refractivity contribution in [1.82, 2.24) is 9.55 Å². The number of fused-ring (bicyclic) bond motifs is 1. The van der Waals surface area contributed by atoms with Gasteiger partial charge in [-0.1, -0.05) is 15.9 Å². The van der Waals surface area contributed by atoms with Gasteiger partial charge in [0.15, 0.2) is 0 Å². The van der Waals surface area contributed by atoms with Crippen LogP contribution in [0, 0.1) is 0 Å². The molecular formula is C9H9BrN2S. The number of nitrogens with zero attached hydrogens (tertiary/aromatic N) is 2. The lowest BCUT2D eigenvalue weighted by Gasteiger charge is -1.97. The molecule has 0 radical (unpaired) electrons. The molecule has 0 aliphatic heterocycles. The van der Waals surface area contributed by atoms with Crippen molar-refractivity contribution in [2.24, 2.45) is 7.05 Å². The summed E-state index contributed by atoms with van der Waals surface area (Å²) in [5.41, 5.74) is 2.16. The lowest BCUT2D eigenvalue weighted by Crippen LogP contribution is -1.93. The van der Waals surface area contributed by atoms with Gasteiger partial charge >= 0.3 is 0 Å². The van der Waals surface area contributed by atoms with Crippen molar-refractivity contribution in [3.8, 4) is 0 Å². The molecule has 0 N–H and O–H groups in total. The second kappa shape index (κ2) is 3.35. The first-order valence-electron chi connectivity index (χ1n) is 3.94. The zero-order valence-corrected chi connectivity index (χ0v) is 9.64. The van der Waals surface area contributed by atoms with Gasteiger partial charge in [-0.25, -0.2) is 4.98 Å². The third-order valence-electron chi connectivity index (χ3n) is 2.08. The van der Waals surface area contributed by atoms with Crippen LogP contribution in [0.15, 0.2) is 22.7 Å². The van der Waals surface area contributed by atoms with E-state index in [0.29, 0.717) is 5.75 Å². The molecule has 1 heterocycles. The van der Waals surface area contributed by atoms with E-state index in [0.717, 1.165) is 21.3 Å². The van der Waals surface area contributed by atoms with Gasteiger partial charge in [0, 0.05) is 17.3 Å². The summed E-state index contributed by atoms with van der Waals surface area (Å²) >= 11 is 7.64. The predicted octanol–water partition coefficient (Wildman–Crippen LogP) is 2.77. The molecule has 13 heavy (non-hydrogen) atoms. The molecule has 68 valence electrons. The van der Waals surface area contributed by atoms with Crippen LogP contribution >= 0.6 is 28.6 Å². The smallest absolute Gasteiger partial charge is 0.119 e. The van der Waals surface area contributed by atoms with Gasteiger partial charge in [0.2, 0.25) is 0 Å². The maximum absolute atomic E-state index is 4.45. The summed E-state index contributed by atoms with van der Waals surface area (Å²) in [4.78, 5) is 4.45. The van der Waals surface area contributed by atoms with E-state index in [1.807, 2.05) is 19.2 Å². The third kappa shape index (κ3) is 1.48. The van der Waals surface area contributed by atoms with Crippen LogP contribution in [0.5, 0.6) is 0 Å². The predicted molar refractivity (Wildman–Crippen MR) is 61.1 cm³/mol. The first-order valence-corrected chi connectivity index (χ1v) is 5.36. The monoisotopic (exact) mass is 256 g/mol. The molecule has 2 aromatic rings. The number of benzene rings is 1. The van der Waals surface area contributed by atoms with E-state index in [9.17, 15) is 0 Å². The quantitative estimate of drug-likeness (QED) is 0.778. The number of imidazole rings is 1. The van der Waals surface area contributed by atoms with Crippen molar-refractivity contribution in [3.63, 3.8) is 0 Å². The van der Waals surface area contributed by atoms with Crippen LogP contribution in [0.1, 0.15) is 5.82 Å². The summed E-state index contributed by atoms with van der Waals surface area (Å²) < 4.78 is 3.12. The normalized spacial score (nSPS) is 11.0. The molecule has 0 aliphatic rings. The number of aryl methyl sites for hydroxylation is 1. The van der Waals surface area contributed by atoms with Crippen LogP contribution < -0.4 is 0 Å². The van der Waals surface area contributed by atoms with Gasteiger partial charge in [-0.2, -0.15) is 12.6 Å². The molecule has 1 aromatic carbocycles. The zero-order valence-electron chi connectivity index (χ0n) is 7.16. The fraction of sp³-hybridized carbons (Fsp3) is 0.222. The highest BCUT2D eigenvalue weighted by molar-refractivity contribution is 9.10. The molecule has 0 unspecified atom stereocenters. The van der Waals surface area contributed by atoms with Crippen molar-refractivity contribution in [3.05, 3.63) is 28.5 Å². The third-order valence-corrected chi connectivity index (χ3v) is 2.85. The molecule has 2 nitrogen and oxygen atoms in total. The molecule has 0 saturated carbocycles. The molecule has 0 atom stereocenters. The minimum atomic E-state index is 0.669. The Labute approximate surface area is 90.5 Å². The number of rotatable bonds is 1. The van der Waals surface area contributed by atoms with Crippen molar-refractivity contribution < 1.29 is 0 Å². The fourth-order valence-corrected chi connectivity index (χ4v) is 2.00. The number of thiol groups is 1. The van der Waals surface area contributed by atoms with Gasteiger partial charge < -0.3 is 4.57 Å². The van der Waals surface area contributed by atoms with Gasteiger partial charge in [0.05, 0.1) is 11.0 Å². The molecule has 4 heteroatoms. The van der Waals surface area contributed by atoms with Crippen molar-refractivity contribution in [2.75, 3.05) is 0 Å². The van der Waals surface area contributed by atoms with E-state index in [4.69, 9.17) is 0 Å². The lowest BCUT2D eigenvalue weighted by molar-refractivity contribution is 0.877. The molecule has 0 saturated heterocycles. The maximum Gasteiger partial charge on any atom is 0.119 e. The molecule has 1 aromatic heterocycles. The highest BCUT2D eigenvalue weighted by Gasteiger charge is 2.05. The molecule has 2 rings (SSSR count). The SMILES string of the molecule is Cn1c(CS)nc2cc(Br)ccc21. The number of aromatic nitrogens is 2. The summed E-state index contributed by atoms with van der Waals surface area (Å²) in [7, 11) is 2.01. The maximum atomic E-state index is 4.45. The Morgan fingerprint density at radius 3 is 3.00 bits per heavy atom. The Morgan fingerprint density at radius 2 is 2.31 bits per heavy atom. The average Bonchev–Trinajstić information content (AvgIpc) is 2.42. The van der Waals surface area contributed by atoms with Crippen LogP contribution in [0.4, 0.5) is 0 Å². The van der Waals surface area contributed by atoms with Gasteiger partial charge in [-0.15, -0.1) is 0 Å². The Bertz CT molecular complexity index is 450. The lowest BCUT2D eigenvalue weighted by atomic mass is 10.3. The second-order valence-electron chi connectivity index (χ2n) is 2.88. The molecule has 0 amide bonds. The number of halogens is 1. The topological polar surface area (TPSA) is 17.8 Å². The molecule has 0 aliphatic carbocycles. The van der Waals surface area contributed by atoms with Gasteiger partial charge in [-0.05, 0) is 18.2 Å². The molecule has 0 spiro atoms. The van der Waals surface area contributed by atoms with Crippen LogP contribution in [0.25, 0.3) is 11.0 Å². The largest absolute Gasteiger partial charge is 0.330 e. The van der Waals surface area contributed by atoms with E-state index >= 15 is 0 Å². The van der Waals surface area contributed by atoms with Crippen LogP contribution in [0.3, 0.4) is 0 Å². The van der Waals surface area contributed by atoms with E-state index < -0.39 is 0 Å². The summed E-state index contributed by atoms with van der Waals surface area (Å²) in [6.07, 6.45) is 0. The van der Waals surface area contributed by atoms with Crippen LogP contribution in [0.2, 0.25) is 0 Å². The molecular weight excluding hydrogens is 248 g/mol. The Kier molecular flexibility index (Phi) is 2.34. The van der Waals surface area contributed by atoms with Crippen molar-refractivity contribution >= 4 is 39.6 Å². The highest BCUT2D eigenvalue weighted by atomic mass is 79.9. The first kappa shape index (κ1) is 9.09. The Morgan fingerprint density at radius 1 is 1.54 bits per heavy atom. The van der Waals surface area contributed by atoms with Gasteiger partial charge in [0.1, 0.15) is 5.82 Å². The average molecular weight is 257 g/mol. The standard InChI is InChI=1S/C9H9BrN2S/c1-12-8-3-2-6(10)4-7(8)11-9(12)5-13/h2-4,13H,5H2,1H3. The summed E-state index contributed by atoms with van der Waals surface area (Å²) in [5, 5.41) is 0. The number of hydrogen-bond donors (Lipinski definition) is 1. The van der Waals surface area contributed by atoms with E-state index in [2.05, 4.69) is 44.2 Å². The Hall–Kier alpha value is -0.480. The van der Waals surface area contributed by atoms with E-state index in [1.54, 1.807) is 0 Å². The van der Waals surface area contributed by atoms with Gasteiger partial charge in [0.25, 0.3) is 0 Å². The fourth-order valence-electron chi connectivity index (χ4n) is 1.36.